The lowest BCUT2D eigenvalue weighted by Crippen LogP contribution is -2.39. The second kappa shape index (κ2) is 8.39. The van der Waals surface area contributed by atoms with E-state index in [0.717, 1.165) is 5.56 Å². The van der Waals surface area contributed by atoms with Gasteiger partial charge in [0.25, 0.3) is 5.91 Å². The number of benzene rings is 1. The summed E-state index contributed by atoms with van der Waals surface area (Å²) in [5.74, 6) is 2.88. The molecule has 3 heteroatoms. The maximum Gasteiger partial charge on any atom is 0.252 e. The van der Waals surface area contributed by atoms with Gasteiger partial charge in [-0.1, -0.05) is 50.1 Å². The highest BCUT2D eigenvalue weighted by Gasteiger charge is 2.20. The molecule has 1 atom stereocenters. The fourth-order valence-electron chi connectivity index (χ4n) is 1.79. The van der Waals surface area contributed by atoms with E-state index < -0.39 is 6.10 Å². The van der Waals surface area contributed by atoms with Gasteiger partial charge in [0.15, 0.2) is 0 Å². The maximum atomic E-state index is 12.4. The summed E-state index contributed by atoms with van der Waals surface area (Å²) in [6.07, 6.45) is 4.90. The lowest BCUT2D eigenvalue weighted by atomic mass is 10.2. The Kier molecular flexibility index (Phi) is 6.83. The lowest BCUT2D eigenvalue weighted by molar-refractivity contribution is -0.143. The fourth-order valence-corrected chi connectivity index (χ4v) is 1.79. The molecule has 1 aromatic carbocycles. The molecule has 1 amide bonds. The van der Waals surface area contributed by atoms with Gasteiger partial charge in [-0.2, -0.15) is 0 Å². The summed E-state index contributed by atoms with van der Waals surface area (Å²) in [5, 5.41) is 0. The summed E-state index contributed by atoms with van der Waals surface area (Å²) in [6, 6.07) is 9.82. The number of carbonyl (C=O) groups excluding carboxylic acids is 1. The molecule has 0 bridgehead atoms. The molecule has 0 N–H and O–H groups in total. The van der Waals surface area contributed by atoms with Crippen molar-refractivity contribution in [2.45, 2.75) is 33.4 Å². The normalized spacial score (nSPS) is 11.9. The molecule has 1 rings (SSSR count). The lowest BCUT2D eigenvalue weighted by Gasteiger charge is -2.24. The van der Waals surface area contributed by atoms with E-state index >= 15 is 0 Å². The van der Waals surface area contributed by atoms with Crippen molar-refractivity contribution in [3.8, 4) is 12.3 Å². The van der Waals surface area contributed by atoms with Crippen LogP contribution in [0.2, 0.25) is 0 Å². The zero-order valence-corrected chi connectivity index (χ0v) is 12.5. The first-order chi connectivity index (χ1) is 9.54. The van der Waals surface area contributed by atoms with E-state index in [1.54, 1.807) is 11.8 Å². The Bertz CT molecular complexity index is 448. The van der Waals surface area contributed by atoms with Crippen molar-refractivity contribution in [2.75, 3.05) is 13.2 Å². The smallest absolute Gasteiger partial charge is 0.252 e. The first-order valence-electron chi connectivity index (χ1n) is 6.92. The SMILES string of the molecule is C#CCN(Cc1ccccc1)C(=O)C(C)OCC(C)C. The van der Waals surface area contributed by atoms with Crippen LogP contribution in [-0.4, -0.2) is 30.1 Å². The Balaban J connectivity index is 2.65. The van der Waals surface area contributed by atoms with Gasteiger partial charge in [0.2, 0.25) is 0 Å². The van der Waals surface area contributed by atoms with E-state index in [1.165, 1.54) is 0 Å². The predicted molar refractivity (Wildman–Crippen MR) is 80.9 cm³/mol. The largest absolute Gasteiger partial charge is 0.368 e. The van der Waals surface area contributed by atoms with Gasteiger partial charge in [-0.15, -0.1) is 6.42 Å². The highest BCUT2D eigenvalue weighted by atomic mass is 16.5. The summed E-state index contributed by atoms with van der Waals surface area (Å²) >= 11 is 0. The molecule has 0 saturated carbocycles. The highest BCUT2D eigenvalue weighted by molar-refractivity contribution is 5.80. The van der Waals surface area contributed by atoms with Crippen LogP contribution < -0.4 is 0 Å². The summed E-state index contributed by atoms with van der Waals surface area (Å²) in [6.45, 7) is 7.27. The molecule has 108 valence electrons. The Labute approximate surface area is 121 Å². The average Bonchev–Trinajstić information content (AvgIpc) is 2.44. The van der Waals surface area contributed by atoms with Gasteiger partial charge in [0.05, 0.1) is 6.54 Å². The average molecular weight is 273 g/mol. The van der Waals surface area contributed by atoms with E-state index in [9.17, 15) is 4.79 Å². The molecule has 20 heavy (non-hydrogen) atoms. The number of hydrogen-bond donors (Lipinski definition) is 0. The minimum atomic E-state index is -0.463. The van der Waals surface area contributed by atoms with Gasteiger partial charge in [-0.25, -0.2) is 0 Å². The molecular weight excluding hydrogens is 250 g/mol. The number of hydrogen-bond acceptors (Lipinski definition) is 2. The number of ether oxygens (including phenoxy) is 1. The van der Waals surface area contributed by atoms with Gasteiger partial charge in [0.1, 0.15) is 6.10 Å². The second-order valence-corrected chi connectivity index (χ2v) is 5.25. The van der Waals surface area contributed by atoms with Gasteiger partial charge >= 0.3 is 0 Å². The number of rotatable bonds is 7. The first kappa shape index (κ1) is 16.3. The Morgan fingerprint density at radius 2 is 1.95 bits per heavy atom. The number of nitrogens with zero attached hydrogens (tertiary/aromatic N) is 1. The zero-order chi connectivity index (χ0) is 15.0. The van der Waals surface area contributed by atoms with Crippen molar-refractivity contribution < 1.29 is 9.53 Å². The van der Waals surface area contributed by atoms with Crippen LogP contribution in [0.5, 0.6) is 0 Å². The number of amides is 1. The zero-order valence-electron chi connectivity index (χ0n) is 12.5. The minimum absolute atomic E-state index is 0.0625. The van der Waals surface area contributed by atoms with E-state index in [-0.39, 0.29) is 5.91 Å². The molecule has 0 aliphatic carbocycles. The quantitative estimate of drug-likeness (QED) is 0.715. The van der Waals surface area contributed by atoms with Crippen LogP contribution in [0.25, 0.3) is 0 Å². The Hall–Kier alpha value is -1.79. The molecule has 1 aromatic rings. The Morgan fingerprint density at radius 3 is 2.50 bits per heavy atom. The van der Waals surface area contributed by atoms with Crippen LogP contribution in [0.1, 0.15) is 26.3 Å². The van der Waals surface area contributed by atoms with Gasteiger partial charge < -0.3 is 9.64 Å². The summed E-state index contributed by atoms with van der Waals surface area (Å²) in [4.78, 5) is 14.0. The van der Waals surface area contributed by atoms with Crippen LogP contribution >= 0.6 is 0 Å². The third-order valence-electron chi connectivity index (χ3n) is 2.84. The van der Waals surface area contributed by atoms with E-state index in [1.807, 2.05) is 30.3 Å². The molecule has 0 heterocycles. The van der Waals surface area contributed by atoms with Crippen molar-refractivity contribution >= 4 is 5.91 Å². The fraction of sp³-hybridized carbons (Fsp3) is 0.471. The molecule has 0 aliphatic heterocycles. The van der Waals surface area contributed by atoms with Crippen molar-refractivity contribution in [3.63, 3.8) is 0 Å². The summed E-state index contributed by atoms with van der Waals surface area (Å²) in [5.41, 5.74) is 1.06. The molecule has 0 radical (unpaired) electrons. The van der Waals surface area contributed by atoms with Crippen molar-refractivity contribution in [2.24, 2.45) is 5.92 Å². The van der Waals surface area contributed by atoms with E-state index in [2.05, 4.69) is 19.8 Å². The number of terminal acetylenes is 1. The van der Waals surface area contributed by atoms with Crippen LogP contribution in [0.3, 0.4) is 0 Å². The molecule has 0 fully saturated rings. The van der Waals surface area contributed by atoms with Crippen molar-refractivity contribution in [1.82, 2.24) is 4.90 Å². The standard InChI is InChI=1S/C17H23NO2/c1-5-11-18(12-16-9-7-6-8-10-16)17(19)15(4)20-13-14(2)3/h1,6-10,14-15H,11-13H2,2-4H3. The first-order valence-corrected chi connectivity index (χ1v) is 6.92. The predicted octanol–water partition coefficient (Wildman–Crippen LogP) is 2.71. The van der Waals surface area contributed by atoms with Crippen LogP contribution in [-0.2, 0) is 16.1 Å². The molecular formula is C17H23NO2. The molecule has 0 spiro atoms. The monoisotopic (exact) mass is 273 g/mol. The highest BCUT2D eigenvalue weighted by Crippen LogP contribution is 2.08. The second-order valence-electron chi connectivity index (χ2n) is 5.25. The minimum Gasteiger partial charge on any atom is -0.368 e. The van der Waals surface area contributed by atoms with Gasteiger partial charge in [0, 0.05) is 13.2 Å². The molecule has 0 aliphatic rings. The topological polar surface area (TPSA) is 29.5 Å². The molecule has 0 aromatic heterocycles. The molecule has 0 saturated heterocycles. The van der Waals surface area contributed by atoms with E-state index in [0.29, 0.717) is 25.6 Å². The van der Waals surface area contributed by atoms with Gasteiger partial charge in [-0.3, -0.25) is 4.79 Å². The summed E-state index contributed by atoms with van der Waals surface area (Å²) in [7, 11) is 0. The summed E-state index contributed by atoms with van der Waals surface area (Å²) < 4.78 is 5.57. The van der Waals surface area contributed by atoms with E-state index in [4.69, 9.17) is 11.2 Å². The maximum absolute atomic E-state index is 12.4. The van der Waals surface area contributed by atoms with Crippen LogP contribution in [0.15, 0.2) is 30.3 Å². The van der Waals surface area contributed by atoms with Crippen molar-refractivity contribution in [3.05, 3.63) is 35.9 Å². The van der Waals surface area contributed by atoms with Crippen LogP contribution in [0.4, 0.5) is 0 Å². The third-order valence-corrected chi connectivity index (χ3v) is 2.84. The Morgan fingerprint density at radius 1 is 1.30 bits per heavy atom. The molecule has 1 unspecified atom stereocenters. The molecule has 3 nitrogen and oxygen atoms in total. The number of carbonyl (C=O) groups is 1. The van der Waals surface area contributed by atoms with Crippen LogP contribution in [0, 0.1) is 18.3 Å². The third kappa shape index (κ3) is 5.46. The van der Waals surface area contributed by atoms with Gasteiger partial charge in [-0.05, 0) is 18.4 Å². The van der Waals surface area contributed by atoms with Crippen molar-refractivity contribution in [1.29, 1.82) is 0 Å².